The van der Waals surface area contributed by atoms with Crippen molar-refractivity contribution in [3.63, 3.8) is 0 Å². The first-order chi connectivity index (χ1) is 10.2. The van der Waals surface area contributed by atoms with Gasteiger partial charge in [-0.3, -0.25) is 0 Å². The standard InChI is InChI=1S/C19H16N2/c1-4-9-16-13-19(14-17(10-5-2)15(16)3)21-20-18-11-7-6-8-12-18/h6-8,11-14H,1-3H3/b21-20+. The van der Waals surface area contributed by atoms with Crippen LogP contribution in [0.1, 0.15) is 30.5 Å². The molecule has 2 aromatic carbocycles. The maximum atomic E-state index is 4.29. The lowest BCUT2D eigenvalue weighted by molar-refractivity contribution is 1.22. The average Bonchev–Trinajstić information content (AvgIpc) is 2.51. The molecule has 0 aliphatic rings. The van der Waals surface area contributed by atoms with Crippen LogP contribution in [-0.2, 0) is 0 Å². The Morgan fingerprint density at radius 1 is 0.762 bits per heavy atom. The average molecular weight is 272 g/mol. The van der Waals surface area contributed by atoms with Crippen molar-refractivity contribution >= 4 is 11.4 Å². The molecule has 0 bridgehead atoms. The summed E-state index contributed by atoms with van der Waals surface area (Å²) in [5.74, 6) is 12.0. The van der Waals surface area contributed by atoms with E-state index < -0.39 is 0 Å². The maximum absolute atomic E-state index is 4.29. The Morgan fingerprint density at radius 3 is 1.81 bits per heavy atom. The lowest BCUT2D eigenvalue weighted by Gasteiger charge is -2.04. The van der Waals surface area contributed by atoms with Crippen LogP contribution in [0.2, 0.25) is 0 Å². The van der Waals surface area contributed by atoms with Crippen molar-refractivity contribution in [2.24, 2.45) is 10.2 Å². The molecule has 0 amide bonds. The molecule has 0 aliphatic carbocycles. The van der Waals surface area contributed by atoms with E-state index in [2.05, 4.69) is 33.9 Å². The monoisotopic (exact) mass is 272 g/mol. The van der Waals surface area contributed by atoms with Crippen LogP contribution in [0.5, 0.6) is 0 Å². The third-order valence-electron chi connectivity index (χ3n) is 2.95. The summed E-state index contributed by atoms with van der Waals surface area (Å²) < 4.78 is 0. The van der Waals surface area contributed by atoms with E-state index in [1.807, 2.05) is 63.2 Å². The molecule has 0 radical (unpaired) electrons. The summed E-state index contributed by atoms with van der Waals surface area (Å²) >= 11 is 0. The van der Waals surface area contributed by atoms with E-state index in [-0.39, 0.29) is 0 Å². The molecule has 0 spiro atoms. The van der Waals surface area contributed by atoms with Gasteiger partial charge in [0.25, 0.3) is 0 Å². The summed E-state index contributed by atoms with van der Waals surface area (Å²) in [6, 6.07) is 13.5. The number of azo groups is 1. The Bertz CT molecular complexity index is 738. The van der Waals surface area contributed by atoms with Gasteiger partial charge in [0.1, 0.15) is 0 Å². The molecule has 0 atom stereocenters. The zero-order valence-electron chi connectivity index (χ0n) is 12.4. The summed E-state index contributed by atoms with van der Waals surface area (Å²) in [7, 11) is 0. The molecule has 0 aliphatic heterocycles. The quantitative estimate of drug-likeness (QED) is 0.533. The minimum Gasteiger partial charge on any atom is -0.151 e. The van der Waals surface area contributed by atoms with Crippen molar-refractivity contribution in [3.8, 4) is 23.7 Å². The van der Waals surface area contributed by atoms with Crippen LogP contribution in [0.15, 0.2) is 52.7 Å². The molecular formula is C19H16N2. The van der Waals surface area contributed by atoms with Gasteiger partial charge in [0, 0.05) is 11.1 Å². The van der Waals surface area contributed by atoms with Crippen molar-refractivity contribution in [1.29, 1.82) is 0 Å². The summed E-state index contributed by atoms with van der Waals surface area (Å²) in [4.78, 5) is 0. The molecule has 0 saturated heterocycles. The second-order valence-electron chi connectivity index (χ2n) is 4.45. The molecule has 0 fully saturated rings. The predicted octanol–water partition coefficient (Wildman–Crippen LogP) is 5.15. The Morgan fingerprint density at radius 2 is 1.29 bits per heavy atom. The minimum atomic E-state index is 0.764. The molecule has 2 aromatic rings. The van der Waals surface area contributed by atoms with Gasteiger partial charge >= 0.3 is 0 Å². The first-order valence-electron chi connectivity index (χ1n) is 6.71. The maximum Gasteiger partial charge on any atom is 0.0882 e. The van der Waals surface area contributed by atoms with Crippen molar-refractivity contribution in [1.82, 2.24) is 0 Å². The second kappa shape index (κ2) is 7.08. The second-order valence-corrected chi connectivity index (χ2v) is 4.45. The van der Waals surface area contributed by atoms with Gasteiger partial charge in [0.15, 0.2) is 0 Å². The largest absolute Gasteiger partial charge is 0.151 e. The van der Waals surface area contributed by atoms with E-state index in [1.54, 1.807) is 0 Å². The summed E-state index contributed by atoms with van der Waals surface area (Å²) in [5, 5.41) is 8.53. The lowest BCUT2D eigenvalue weighted by atomic mass is 10.0. The predicted molar refractivity (Wildman–Crippen MR) is 86.9 cm³/mol. The summed E-state index contributed by atoms with van der Waals surface area (Å²) in [6.07, 6.45) is 0. The Balaban J connectivity index is 2.45. The molecule has 21 heavy (non-hydrogen) atoms. The van der Waals surface area contributed by atoms with E-state index in [4.69, 9.17) is 0 Å². The highest BCUT2D eigenvalue weighted by molar-refractivity contribution is 5.59. The number of rotatable bonds is 2. The van der Waals surface area contributed by atoms with E-state index in [1.165, 1.54) is 0 Å². The van der Waals surface area contributed by atoms with E-state index in [9.17, 15) is 0 Å². The van der Waals surface area contributed by atoms with Gasteiger partial charge in [-0.1, -0.05) is 30.0 Å². The first-order valence-corrected chi connectivity index (χ1v) is 6.71. The Labute approximate surface area is 125 Å². The van der Waals surface area contributed by atoms with Gasteiger partial charge < -0.3 is 0 Å². The van der Waals surface area contributed by atoms with Crippen molar-refractivity contribution in [3.05, 3.63) is 59.2 Å². The van der Waals surface area contributed by atoms with Crippen LogP contribution in [0, 0.1) is 30.6 Å². The topological polar surface area (TPSA) is 24.7 Å². The Kier molecular flexibility index (Phi) is 4.91. The lowest BCUT2D eigenvalue weighted by Crippen LogP contribution is -1.88. The smallest absolute Gasteiger partial charge is 0.0882 e. The van der Waals surface area contributed by atoms with Gasteiger partial charge in [-0.15, -0.1) is 11.8 Å². The van der Waals surface area contributed by atoms with Gasteiger partial charge in [-0.2, -0.15) is 10.2 Å². The van der Waals surface area contributed by atoms with Crippen LogP contribution >= 0.6 is 0 Å². The van der Waals surface area contributed by atoms with Crippen molar-refractivity contribution in [2.75, 3.05) is 0 Å². The number of benzene rings is 2. The fraction of sp³-hybridized carbons (Fsp3) is 0.158. The van der Waals surface area contributed by atoms with Gasteiger partial charge in [0.05, 0.1) is 11.4 Å². The third kappa shape index (κ3) is 3.81. The normalized spacial score (nSPS) is 9.67. The van der Waals surface area contributed by atoms with Crippen LogP contribution in [0.3, 0.4) is 0 Å². The molecule has 0 aromatic heterocycles. The third-order valence-corrected chi connectivity index (χ3v) is 2.95. The molecule has 2 heteroatoms. The number of nitrogens with zero attached hydrogens (tertiary/aromatic N) is 2. The van der Waals surface area contributed by atoms with E-state index >= 15 is 0 Å². The zero-order chi connectivity index (χ0) is 15.1. The van der Waals surface area contributed by atoms with Gasteiger partial charge in [0.2, 0.25) is 0 Å². The fourth-order valence-electron chi connectivity index (χ4n) is 1.90. The molecule has 0 heterocycles. The van der Waals surface area contributed by atoms with Gasteiger partial charge in [-0.05, 0) is 50.6 Å². The number of hydrogen-bond donors (Lipinski definition) is 0. The summed E-state index contributed by atoms with van der Waals surface area (Å²) in [6.45, 7) is 5.67. The summed E-state index contributed by atoms with van der Waals surface area (Å²) in [5.41, 5.74) is 4.56. The fourth-order valence-corrected chi connectivity index (χ4v) is 1.90. The first kappa shape index (κ1) is 14.6. The van der Waals surface area contributed by atoms with E-state index in [0.717, 1.165) is 28.1 Å². The molecule has 0 unspecified atom stereocenters. The highest BCUT2D eigenvalue weighted by atomic mass is 15.1. The van der Waals surface area contributed by atoms with Crippen molar-refractivity contribution in [2.45, 2.75) is 20.8 Å². The van der Waals surface area contributed by atoms with Crippen molar-refractivity contribution < 1.29 is 0 Å². The molecule has 2 rings (SSSR count). The van der Waals surface area contributed by atoms with Crippen LogP contribution in [-0.4, -0.2) is 0 Å². The van der Waals surface area contributed by atoms with Crippen LogP contribution in [0.25, 0.3) is 0 Å². The van der Waals surface area contributed by atoms with Crippen LogP contribution in [0.4, 0.5) is 11.4 Å². The number of hydrogen-bond acceptors (Lipinski definition) is 2. The highest BCUT2D eigenvalue weighted by Gasteiger charge is 2.04. The molecule has 0 N–H and O–H groups in total. The zero-order valence-corrected chi connectivity index (χ0v) is 12.4. The molecule has 102 valence electrons. The SMILES string of the molecule is CC#Cc1cc(/N=N/c2ccccc2)cc(C#CC)c1C. The molecule has 0 saturated carbocycles. The Hall–Kier alpha value is -2.84. The highest BCUT2D eigenvalue weighted by Crippen LogP contribution is 2.24. The molecular weight excluding hydrogens is 256 g/mol. The molecule has 2 nitrogen and oxygen atoms in total. The van der Waals surface area contributed by atoms with Crippen LogP contribution < -0.4 is 0 Å². The van der Waals surface area contributed by atoms with E-state index in [0.29, 0.717) is 0 Å². The minimum absolute atomic E-state index is 0.764. The van der Waals surface area contributed by atoms with Gasteiger partial charge in [-0.25, -0.2) is 0 Å².